The predicted octanol–water partition coefficient (Wildman–Crippen LogP) is 3.41. The van der Waals surface area contributed by atoms with Crippen molar-refractivity contribution in [1.29, 1.82) is 0 Å². The first-order valence-corrected chi connectivity index (χ1v) is 5.19. The van der Waals surface area contributed by atoms with Crippen LogP contribution in [-0.2, 0) is 0 Å². The molecule has 0 aliphatic carbocycles. The zero-order chi connectivity index (χ0) is 11.0. The number of methoxy groups -OCH3 is 1. The van der Waals surface area contributed by atoms with E-state index in [-0.39, 0.29) is 5.78 Å². The minimum atomic E-state index is -0.0821. The summed E-state index contributed by atoms with van der Waals surface area (Å²) in [6, 6.07) is 5.35. The molecule has 1 aromatic carbocycles. The maximum Gasteiger partial charge on any atom is 0.194 e. The Morgan fingerprint density at radius 1 is 1.40 bits per heavy atom. The third kappa shape index (κ3) is 1.77. The van der Waals surface area contributed by atoms with E-state index < -0.39 is 0 Å². The lowest BCUT2D eigenvalue weighted by atomic mass is 10.2. The summed E-state index contributed by atoms with van der Waals surface area (Å²) < 4.78 is 11.3. The molecule has 0 saturated heterocycles. The molecule has 0 fully saturated rings. The lowest BCUT2D eigenvalue weighted by Crippen LogP contribution is -1.85. The highest BCUT2D eigenvalue weighted by molar-refractivity contribution is 9.10. The van der Waals surface area contributed by atoms with Crippen LogP contribution in [0.1, 0.15) is 17.5 Å². The van der Waals surface area contributed by atoms with Gasteiger partial charge in [-0.1, -0.05) is 0 Å². The Morgan fingerprint density at radius 3 is 2.73 bits per heavy atom. The van der Waals surface area contributed by atoms with Crippen LogP contribution in [0.15, 0.2) is 27.1 Å². The number of furan rings is 1. The second-order valence-corrected chi connectivity index (χ2v) is 4.05. The number of rotatable bonds is 2. The molecule has 0 spiro atoms. The fourth-order valence-electron chi connectivity index (χ4n) is 1.37. The summed E-state index contributed by atoms with van der Waals surface area (Å²) in [6.07, 6.45) is 0. The summed E-state index contributed by atoms with van der Waals surface area (Å²) in [5.41, 5.74) is 0.653. The van der Waals surface area contributed by atoms with Crippen molar-refractivity contribution in [2.24, 2.45) is 0 Å². The molecular formula is C11H9BrO3. The Kier molecular flexibility index (Phi) is 2.52. The summed E-state index contributed by atoms with van der Waals surface area (Å²) in [6.45, 7) is 1.48. The van der Waals surface area contributed by atoms with Crippen molar-refractivity contribution in [3.8, 4) is 5.75 Å². The van der Waals surface area contributed by atoms with Gasteiger partial charge in [0.2, 0.25) is 0 Å². The molecule has 0 aliphatic heterocycles. The van der Waals surface area contributed by atoms with Gasteiger partial charge < -0.3 is 9.15 Å². The Bertz CT molecular complexity index is 528. The molecule has 0 unspecified atom stereocenters. The quantitative estimate of drug-likeness (QED) is 0.784. The number of Topliss-reactive ketones (excluding diaryl/α,β-unsaturated/α-hetero) is 1. The number of carbonyl (C=O) groups is 1. The van der Waals surface area contributed by atoms with Crippen molar-refractivity contribution in [3.05, 3.63) is 28.4 Å². The van der Waals surface area contributed by atoms with Crippen LogP contribution in [0.25, 0.3) is 11.0 Å². The molecule has 0 N–H and O–H groups in total. The number of hydrogen-bond acceptors (Lipinski definition) is 3. The normalized spacial score (nSPS) is 10.6. The second-order valence-electron chi connectivity index (χ2n) is 3.19. The fourth-order valence-corrected chi connectivity index (χ4v) is 1.89. The van der Waals surface area contributed by atoms with Crippen LogP contribution in [0, 0.1) is 0 Å². The minimum Gasteiger partial charge on any atom is -0.495 e. The van der Waals surface area contributed by atoms with Gasteiger partial charge in [-0.05, 0) is 28.1 Å². The average Bonchev–Trinajstić information content (AvgIpc) is 2.59. The van der Waals surface area contributed by atoms with E-state index in [2.05, 4.69) is 15.9 Å². The number of ketones is 1. The maximum atomic E-state index is 11.1. The first-order chi connectivity index (χ1) is 7.11. The third-order valence-electron chi connectivity index (χ3n) is 2.14. The Labute approximate surface area is 95.1 Å². The van der Waals surface area contributed by atoms with E-state index in [1.165, 1.54) is 6.92 Å². The van der Waals surface area contributed by atoms with Gasteiger partial charge in [0.05, 0.1) is 11.6 Å². The number of halogens is 1. The van der Waals surface area contributed by atoms with E-state index in [0.29, 0.717) is 17.1 Å². The standard InChI is InChI=1S/C11H9BrO3/c1-6(13)9-4-7-3-8(12)11(14-2)5-10(7)15-9/h3-5H,1-2H3. The van der Waals surface area contributed by atoms with Gasteiger partial charge in [-0.15, -0.1) is 0 Å². The number of ether oxygens (including phenoxy) is 1. The van der Waals surface area contributed by atoms with Crippen LogP contribution in [0.4, 0.5) is 0 Å². The molecule has 0 bridgehead atoms. The lowest BCUT2D eigenvalue weighted by Gasteiger charge is -2.01. The zero-order valence-corrected chi connectivity index (χ0v) is 9.92. The number of carbonyl (C=O) groups excluding carboxylic acids is 1. The van der Waals surface area contributed by atoms with Crippen LogP contribution >= 0.6 is 15.9 Å². The van der Waals surface area contributed by atoms with Gasteiger partial charge in [0.25, 0.3) is 0 Å². The van der Waals surface area contributed by atoms with Gasteiger partial charge >= 0.3 is 0 Å². The fraction of sp³-hybridized carbons (Fsp3) is 0.182. The topological polar surface area (TPSA) is 39.4 Å². The molecule has 2 rings (SSSR count). The highest BCUT2D eigenvalue weighted by Crippen LogP contribution is 2.31. The maximum absolute atomic E-state index is 11.1. The molecule has 0 saturated carbocycles. The number of hydrogen-bond donors (Lipinski definition) is 0. The van der Waals surface area contributed by atoms with Crippen LogP contribution in [0.2, 0.25) is 0 Å². The lowest BCUT2D eigenvalue weighted by molar-refractivity contribution is 0.0989. The van der Waals surface area contributed by atoms with Crippen LogP contribution in [0.3, 0.4) is 0 Å². The van der Waals surface area contributed by atoms with Crippen LogP contribution in [0.5, 0.6) is 5.75 Å². The van der Waals surface area contributed by atoms with E-state index in [0.717, 1.165) is 9.86 Å². The van der Waals surface area contributed by atoms with Gasteiger partial charge in [-0.3, -0.25) is 4.79 Å². The van der Waals surface area contributed by atoms with Gasteiger partial charge in [0.15, 0.2) is 11.5 Å². The van der Waals surface area contributed by atoms with E-state index in [4.69, 9.17) is 9.15 Å². The summed E-state index contributed by atoms with van der Waals surface area (Å²) >= 11 is 3.37. The van der Waals surface area contributed by atoms with Gasteiger partial charge in [0.1, 0.15) is 11.3 Å². The molecule has 0 aliphatic rings. The van der Waals surface area contributed by atoms with Crippen molar-refractivity contribution in [3.63, 3.8) is 0 Å². The molecule has 0 radical (unpaired) electrons. The van der Waals surface area contributed by atoms with E-state index in [1.54, 1.807) is 19.2 Å². The third-order valence-corrected chi connectivity index (χ3v) is 2.76. The zero-order valence-electron chi connectivity index (χ0n) is 8.33. The summed E-state index contributed by atoms with van der Waals surface area (Å²) in [5.74, 6) is 0.971. The highest BCUT2D eigenvalue weighted by Gasteiger charge is 2.10. The van der Waals surface area contributed by atoms with Crippen molar-refractivity contribution >= 4 is 32.7 Å². The molecular weight excluding hydrogens is 260 g/mol. The van der Waals surface area contributed by atoms with E-state index >= 15 is 0 Å². The first-order valence-electron chi connectivity index (χ1n) is 4.40. The Balaban J connectivity index is 2.66. The summed E-state index contributed by atoms with van der Waals surface area (Å²) in [7, 11) is 1.58. The van der Waals surface area contributed by atoms with Crippen LogP contribution < -0.4 is 4.74 Å². The van der Waals surface area contributed by atoms with Crippen LogP contribution in [-0.4, -0.2) is 12.9 Å². The number of benzene rings is 1. The molecule has 1 heterocycles. The van der Waals surface area contributed by atoms with Crippen molar-refractivity contribution in [1.82, 2.24) is 0 Å². The SMILES string of the molecule is COc1cc2oc(C(C)=O)cc2cc1Br. The van der Waals surface area contributed by atoms with Crippen molar-refractivity contribution in [2.75, 3.05) is 7.11 Å². The average molecular weight is 269 g/mol. The number of fused-ring (bicyclic) bond motifs is 1. The minimum absolute atomic E-state index is 0.0821. The molecule has 2 aromatic rings. The first kappa shape index (κ1) is 10.2. The molecule has 3 nitrogen and oxygen atoms in total. The summed E-state index contributed by atoms with van der Waals surface area (Å²) in [5, 5.41) is 0.882. The smallest absolute Gasteiger partial charge is 0.194 e. The largest absolute Gasteiger partial charge is 0.495 e. The van der Waals surface area contributed by atoms with Crippen molar-refractivity contribution < 1.29 is 13.9 Å². The second kappa shape index (κ2) is 3.70. The monoisotopic (exact) mass is 268 g/mol. The highest BCUT2D eigenvalue weighted by atomic mass is 79.9. The summed E-state index contributed by atoms with van der Waals surface area (Å²) in [4.78, 5) is 11.1. The van der Waals surface area contributed by atoms with Gasteiger partial charge in [-0.25, -0.2) is 0 Å². The molecule has 0 atom stereocenters. The molecule has 15 heavy (non-hydrogen) atoms. The van der Waals surface area contributed by atoms with Gasteiger partial charge in [0, 0.05) is 18.4 Å². The predicted molar refractivity (Wildman–Crippen MR) is 60.5 cm³/mol. The van der Waals surface area contributed by atoms with Crippen molar-refractivity contribution in [2.45, 2.75) is 6.92 Å². The molecule has 4 heteroatoms. The molecule has 0 amide bonds. The molecule has 1 aromatic heterocycles. The van der Waals surface area contributed by atoms with Gasteiger partial charge in [-0.2, -0.15) is 0 Å². The Hall–Kier alpha value is -1.29. The van der Waals surface area contributed by atoms with E-state index in [9.17, 15) is 4.79 Å². The molecule has 78 valence electrons. The van der Waals surface area contributed by atoms with E-state index in [1.807, 2.05) is 6.07 Å². The Morgan fingerprint density at radius 2 is 2.13 bits per heavy atom.